The highest BCUT2D eigenvalue weighted by atomic mass is 16.2. The number of likely N-dealkylation sites (N-methyl/N-ethyl adjacent to an activating group) is 2. The fourth-order valence-corrected chi connectivity index (χ4v) is 2.90. The van der Waals surface area contributed by atoms with E-state index in [1.165, 1.54) is 0 Å². The van der Waals surface area contributed by atoms with Gasteiger partial charge in [0.1, 0.15) is 0 Å². The van der Waals surface area contributed by atoms with Crippen LogP contribution in [-0.2, 0) is 14.4 Å². The number of amides is 3. The zero-order valence-corrected chi connectivity index (χ0v) is 14.7. The lowest BCUT2D eigenvalue weighted by Gasteiger charge is -2.34. The van der Waals surface area contributed by atoms with Crippen molar-refractivity contribution >= 4 is 18.2 Å². The molecule has 0 unspecified atom stereocenters. The average Bonchev–Trinajstić information content (AvgIpc) is 3.03. The monoisotopic (exact) mass is 326 g/mol. The highest BCUT2D eigenvalue weighted by molar-refractivity contribution is 5.80. The molecule has 0 radical (unpaired) electrons. The molecule has 1 saturated heterocycles. The Morgan fingerprint density at radius 3 is 2.35 bits per heavy atom. The first-order valence-corrected chi connectivity index (χ1v) is 8.25. The second kappa shape index (κ2) is 9.50. The van der Waals surface area contributed by atoms with Crippen LogP contribution in [0.25, 0.3) is 0 Å². The molecule has 7 nitrogen and oxygen atoms in total. The summed E-state index contributed by atoms with van der Waals surface area (Å²) in [4.78, 5) is 40.2. The van der Waals surface area contributed by atoms with Crippen LogP contribution in [0, 0.1) is 5.92 Å². The number of carbonyl (C=O) groups excluding carboxylic acids is 3. The molecule has 1 N–H and O–H groups in total. The molecule has 1 heterocycles. The van der Waals surface area contributed by atoms with Crippen molar-refractivity contribution in [2.24, 2.45) is 5.92 Å². The van der Waals surface area contributed by atoms with E-state index in [0.717, 1.165) is 25.9 Å². The van der Waals surface area contributed by atoms with Crippen molar-refractivity contribution in [1.29, 1.82) is 0 Å². The summed E-state index contributed by atoms with van der Waals surface area (Å²) in [7, 11) is 3.65. The van der Waals surface area contributed by atoms with Gasteiger partial charge in [-0.1, -0.05) is 13.8 Å². The SMILES string of the molecule is CC(C)[C@@H](CN(C)CC(=O)N1CCCC1)N(C)C(=O)CNC=O. The largest absolute Gasteiger partial charge is 0.350 e. The molecule has 7 heteroatoms. The van der Waals surface area contributed by atoms with E-state index in [4.69, 9.17) is 0 Å². The summed E-state index contributed by atoms with van der Waals surface area (Å²) in [6.45, 7) is 6.82. The predicted molar refractivity (Wildman–Crippen MR) is 88.8 cm³/mol. The minimum absolute atomic E-state index is 0.000355. The lowest BCUT2D eigenvalue weighted by atomic mass is 10.0. The third-order valence-electron chi connectivity index (χ3n) is 4.36. The van der Waals surface area contributed by atoms with Crippen molar-refractivity contribution in [3.63, 3.8) is 0 Å². The summed E-state index contributed by atoms with van der Waals surface area (Å²) in [6.07, 6.45) is 2.70. The molecule has 1 fully saturated rings. The van der Waals surface area contributed by atoms with E-state index in [2.05, 4.69) is 19.2 Å². The van der Waals surface area contributed by atoms with E-state index in [1.807, 2.05) is 16.8 Å². The molecule has 1 aliphatic heterocycles. The minimum atomic E-state index is -0.130. The molecule has 1 rings (SSSR count). The predicted octanol–water partition coefficient (Wildman–Crippen LogP) is -0.230. The second-order valence-electron chi connectivity index (χ2n) is 6.60. The number of hydrogen-bond donors (Lipinski definition) is 1. The molecule has 132 valence electrons. The van der Waals surface area contributed by atoms with Crippen LogP contribution < -0.4 is 5.32 Å². The molecule has 3 amide bonds. The highest BCUT2D eigenvalue weighted by Crippen LogP contribution is 2.12. The van der Waals surface area contributed by atoms with Crippen LogP contribution in [0.5, 0.6) is 0 Å². The Morgan fingerprint density at radius 2 is 1.83 bits per heavy atom. The number of rotatable bonds is 9. The molecular formula is C16H30N4O3. The minimum Gasteiger partial charge on any atom is -0.350 e. The summed E-state index contributed by atoms with van der Waals surface area (Å²) >= 11 is 0. The van der Waals surface area contributed by atoms with Crippen molar-refractivity contribution in [2.75, 3.05) is 46.8 Å². The van der Waals surface area contributed by atoms with Gasteiger partial charge >= 0.3 is 0 Å². The van der Waals surface area contributed by atoms with Gasteiger partial charge in [0.05, 0.1) is 13.1 Å². The van der Waals surface area contributed by atoms with Gasteiger partial charge in [-0.2, -0.15) is 0 Å². The van der Waals surface area contributed by atoms with Gasteiger partial charge in [0.25, 0.3) is 0 Å². The van der Waals surface area contributed by atoms with E-state index in [-0.39, 0.29) is 30.3 Å². The topological polar surface area (TPSA) is 73.0 Å². The number of nitrogens with one attached hydrogen (secondary N) is 1. The summed E-state index contributed by atoms with van der Waals surface area (Å²) in [5.74, 6) is 0.281. The summed E-state index contributed by atoms with van der Waals surface area (Å²) in [5.41, 5.74) is 0. The third kappa shape index (κ3) is 6.17. The van der Waals surface area contributed by atoms with Gasteiger partial charge < -0.3 is 15.1 Å². The molecule has 0 aromatic rings. The molecular weight excluding hydrogens is 296 g/mol. The Hall–Kier alpha value is -1.63. The van der Waals surface area contributed by atoms with Crippen LogP contribution in [0.3, 0.4) is 0 Å². The van der Waals surface area contributed by atoms with Gasteiger partial charge in [-0.15, -0.1) is 0 Å². The van der Waals surface area contributed by atoms with E-state index in [0.29, 0.717) is 19.5 Å². The van der Waals surface area contributed by atoms with Crippen LogP contribution in [0.4, 0.5) is 0 Å². The molecule has 0 aromatic heterocycles. The lowest BCUT2D eigenvalue weighted by Crippen LogP contribution is -2.50. The van der Waals surface area contributed by atoms with Crippen molar-refractivity contribution in [3.05, 3.63) is 0 Å². The van der Waals surface area contributed by atoms with Gasteiger partial charge in [-0.3, -0.25) is 19.3 Å². The maximum Gasteiger partial charge on any atom is 0.241 e. The Kier molecular flexibility index (Phi) is 8.02. The average molecular weight is 326 g/mol. The van der Waals surface area contributed by atoms with Crippen molar-refractivity contribution in [2.45, 2.75) is 32.7 Å². The van der Waals surface area contributed by atoms with E-state index in [1.54, 1.807) is 11.9 Å². The van der Waals surface area contributed by atoms with Crippen molar-refractivity contribution in [3.8, 4) is 0 Å². The number of hydrogen-bond acceptors (Lipinski definition) is 4. The first-order valence-electron chi connectivity index (χ1n) is 8.25. The van der Waals surface area contributed by atoms with Crippen LogP contribution in [-0.4, -0.2) is 85.8 Å². The Morgan fingerprint density at radius 1 is 1.22 bits per heavy atom. The molecule has 23 heavy (non-hydrogen) atoms. The maximum atomic E-state index is 12.2. The number of nitrogens with zero attached hydrogens (tertiary/aromatic N) is 3. The lowest BCUT2D eigenvalue weighted by molar-refractivity contribution is -0.133. The van der Waals surface area contributed by atoms with Crippen LogP contribution in [0.2, 0.25) is 0 Å². The van der Waals surface area contributed by atoms with E-state index >= 15 is 0 Å². The first kappa shape index (κ1) is 19.4. The van der Waals surface area contributed by atoms with E-state index in [9.17, 15) is 14.4 Å². The van der Waals surface area contributed by atoms with Crippen molar-refractivity contribution in [1.82, 2.24) is 20.0 Å². The maximum absolute atomic E-state index is 12.2. The molecule has 0 saturated carbocycles. The molecule has 1 atom stereocenters. The van der Waals surface area contributed by atoms with E-state index < -0.39 is 0 Å². The summed E-state index contributed by atoms with van der Waals surface area (Å²) in [6, 6.07) is -0.00710. The summed E-state index contributed by atoms with van der Waals surface area (Å²) < 4.78 is 0. The molecule has 0 aliphatic carbocycles. The molecule has 0 aromatic carbocycles. The van der Waals surface area contributed by atoms with Crippen LogP contribution in [0.1, 0.15) is 26.7 Å². The normalized spacial score (nSPS) is 15.8. The number of carbonyl (C=O) groups is 3. The first-order chi connectivity index (χ1) is 10.9. The fourth-order valence-electron chi connectivity index (χ4n) is 2.90. The smallest absolute Gasteiger partial charge is 0.241 e. The molecule has 0 spiro atoms. The van der Waals surface area contributed by atoms with Gasteiger partial charge in [0.2, 0.25) is 18.2 Å². The fraction of sp³-hybridized carbons (Fsp3) is 0.812. The van der Waals surface area contributed by atoms with Gasteiger partial charge in [-0.25, -0.2) is 0 Å². The van der Waals surface area contributed by atoms with Crippen molar-refractivity contribution < 1.29 is 14.4 Å². The zero-order valence-electron chi connectivity index (χ0n) is 14.7. The molecule has 1 aliphatic rings. The Balaban J connectivity index is 2.54. The van der Waals surface area contributed by atoms with Crippen LogP contribution in [0.15, 0.2) is 0 Å². The second-order valence-corrected chi connectivity index (χ2v) is 6.60. The summed E-state index contributed by atoms with van der Waals surface area (Å²) in [5, 5.41) is 2.40. The zero-order chi connectivity index (χ0) is 17.4. The Bertz CT molecular complexity index is 408. The van der Waals surface area contributed by atoms with Crippen LogP contribution >= 0.6 is 0 Å². The van der Waals surface area contributed by atoms with Gasteiger partial charge in [-0.05, 0) is 25.8 Å². The molecule has 0 bridgehead atoms. The number of likely N-dealkylation sites (tertiary alicyclic amines) is 1. The quantitative estimate of drug-likeness (QED) is 0.594. The van der Waals surface area contributed by atoms with Gasteiger partial charge in [0.15, 0.2) is 0 Å². The Labute approximate surface area is 139 Å². The highest BCUT2D eigenvalue weighted by Gasteiger charge is 2.26. The standard InChI is InChI=1S/C16H30N4O3/c1-13(2)14(19(4)15(22)9-17-12-21)10-18(3)11-16(23)20-7-5-6-8-20/h12-14H,5-11H2,1-4H3,(H,17,21)/t14-/m1/s1. The third-order valence-corrected chi connectivity index (χ3v) is 4.36. The van der Waals surface area contributed by atoms with Gasteiger partial charge in [0, 0.05) is 32.7 Å².